The zero-order chi connectivity index (χ0) is 15.7. The van der Waals surface area contributed by atoms with E-state index in [0.29, 0.717) is 23.2 Å². The summed E-state index contributed by atoms with van der Waals surface area (Å²) in [7, 11) is 0. The summed E-state index contributed by atoms with van der Waals surface area (Å²) >= 11 is 6.37. The van der Waals surface area contributed by atoms with Crippen LogP contribution in [0.3, 0.4) is 0 Å². The second-order valence-corrected chi connectivity index (χ2v) is 6.43. The standard InChI is InChI=1S/C13H12ClF3N2OS/c1-12(13(15,16)17)10(20)19-11(21-12)18-7-6-8-4-2-3-5-9(8)14/h2-5H,6-7H2,1H3,(H,18,19,20). The second kappa shape index (κ2) is 5.88. The van der Waals surface area contributed by atoms with Gasteiger partial charge < -0.3 is 5.32 Å². The molecule has 1 heterocycles. The number of nitrogens with one attached hydrogen (secondary N) is 1. The minimum absolute atomic E-state index is 0.00752. The van der Waals surface area contributed by atoms with Crippen LogP contribution in [-0.2, 0) is 11.2 Å². The van der Waals surface area contributed by atoms with Gasteiger partial charge in [-0.25, -0.2) is 0 Å². The summed E-state index contributed by atoms with van der Waals surface area (Å²) in [5, 5.41) is 2.75. The fourth-order valence-corrected chi connectivity index (χ4v) is 2.89. The lowest BCUT2D eigenvalue weighted by molar-refractivity contribution is -0.166. The van der Waals surface area contributed by atoms with Gasteiger partial charge in [-0.3, -0.25) is 9.79 Å². The Hall–Kier alpha value is -1.21. The van der Waals surface area contributed by atoms with Gasteiger partial charge in [0.25, 0.3) is 5.91 Å². The third kappa shape index (κ3) is 3.35. The Labute approximate surface area is 129 Å². The van der Waals surface area contributed by atoms with Crippen LogP contribution in [0.1, 0.15) is 12.5 Å². The zero-order valence-electron chi connectivity index (χ0n) is 11.0. The number of aliphatic imine (C=N–C) groups is 1. The highest BCUT2D eigenvalue weighted by Crippen LogP contribution is 2.44. The van der Waals surface area contributed by atoms with Gasteiger partial charge in [-0.05, 0) is 25.0 Å². The van der Waals surface area contributed by atoms with Crippen molar-refractivity contribution in [1.82, 2.24) is 5.32 Å². The molecule has 0 aromatic heterocycles. The Balaban J connectivity index is 2.02. The van der Waals surface area contributed by atoms with E-state index < -0.39 is 16.8 Å². The number of thioether (sulfide) groups is 1. The lowest BCUT2D eigenvalue weighted by atomic mass is 10.1. The van der Waals surface area contributed by atoms with Crippen molar-refractivity contribution in [1.29, 1.82) is 0 Å². The summed E-state index contributed by atoms with van der Waals surface area (Å²) in [5.41, 5.74) is 0.858. The van der Waals surface area contributed by atoms with Crippen molar-refractivity contribution in [2.45, 2.75) is 24.3 Å². The molecule has 0 radical (unpaired) electrons. The molecule has 1 saturated heterocycles. The first kappa shape index (κ1) is 16.2. The van der Waals surface area contributed by atoms with Crippen molar-refractivity contribution >= 4 is 34.4 Å². The van der Waals surface area contributed by atoms with Gasteiger partial charge in [0.2, 0.25) is 0 Å². The fourth-order valence-electron chi connectivity index (χ4n) is 1.72. The minimum atomic E-state index is -4.62. The summed E-state index contributed by atoms with van der Waals surface area (Å²) in [6.07, 6.45) is -4.13. The monoisotopic (exact) mass is 336 g/mol. The molecule has 1 aromatic carbocycles. The minimum Gasteiger partial charge on any atom is -0.304 e. The van der Waals surface area contributed by atoms with Crippen LogP contribution in [0.4, 0.5) is 13.2 Å². The maximum Gasteiger partial charge on any atom is 0.412 e. The number of carbonyl (C=O) groups is 1. The normalized spacial score (nSPS) is 24.4. The van der Waals surface area contributed by atoms with E-state index in [1.165, 1.54) is 0 Å². The second-order valence-electron chi connectivity index (χ2n) is 4.62. The van der Waals surface area contributed by atoms with Gasteiger partial charge in [0, 0.05) is 11.6 Å². The number of amidine groups is 1. The van der Waals surface area contributed by atoms with Gasteiger partial charge in [0.1, 0.15) is 0 Å². The van der Waals surface area contributed by atoms with Crippen LogP contribution in [0, 0.1) is 0 Å². The lowest BCUT2D eigenvalue weighted by Crippen LogP contribution is -2.46. The van der Waals surface area contributed by atoms with Crippen LogP contribution >= 0.6 is 23.4 Å². The van der Waals surface area contributed by atoms with Crippen molar-refractivity contribution < 1.29 is 18.0 Å². The first-order chi connectivity index (χ1) is 9.74. The molecule has 1 aliphatic heterocycles. The molecule has 1 amide bonds. The SMILES string of the molecule is CC1(C(F)(F)F)SC(=NCCc2ccccc2Cl)NC1=O. The van der Waals surface area contributed by atoms with Gasteiger partial charge in [-0.2, -0.15) is 13.2 Å². The van der Waals surface area contributed by atoms with Crippen molar-refractivity contribution in [3.63, 3.8) is 0 Å². The summed E-state index contributed by atoms with van der Waals surface area (Å²) in [4.78, 5) is 15.5. The third-order valence-electron chi connectivity index (χ3n) is 3.09. The van der Waals surface area contributed by atoms with Crippen molar-refractivity contribution in [3.05, 3.63) is 34.9 Å². The molecule has 1 atom stereocenters. The molecule has 114 valence electrons. The summed E-state index contributed by atoms with van der Waals surface area (Å²) in [5.74, 6) is -1.09. The molecular formula is C13H12ClF3N2OS. The van der Waals surface area contributed by atoms with Gasteiger partial charge in [0.05, 0.1) is 0 Å². The first-order valence-electron chi connectivity index (χ1n) is 6.09. The highest BCUT2D eigenvalue weighted by molar-refractivity contribution is 8.16. The smallest absolute Gasteiger partial charge is 0.304 e. The molecule has 8 heteroatoms. The largest absolute Gasteiger partial charge is 0.412 e. The van der Waals surface area contributed by atoms with Crippen molar-refractivity contribution in [2.24, 2.45) is 4.99 Å². The van der Waals surface area contributed by atoms with E-state index in [1.807, 2.05) is 12.1 Å². The van der Waals surface area contributed by atoms with Gasteiger partial charge in [0.15, 0.2) is 9.91 Å². The predicted octanol–water partition coefficient (Wildman–Crippen LogP) is 3.42. The van der Waals surface area contributed by atoms with Crippen LogP contribution in [0.5, 0.6) is 0 Å². The molecule has 2 rings (SSSR count). The molecule has 3 nitrogen and oxygen atoms in total. The number of alkyl halides is 3. The maximum atomic E-state index is 12.9. The summed E-state index contributed by atoms with van der Waals surface area (Å²) in [6, 6.07) is 7.17. The molecule has 1 aliphatic rings. The average molecular weight is 337 g/mol. The van der Waals surface area contributed by atoms with Gasteiger partial charge in [-0.15, -0.1) is 0 Å². The number of benzene rings is 1. The van der Waals surface area contributed by atoms with E-state index >= 15 is 0 Å². The number of hydrogen-bond donors (Lipinski definition) is 1. The van der Waals surface area contributed by atoms with E-state index in [1.54, 1.807) is 12.1 Å². The van der Waals surface area contributed by atoms with Crippen molar-refractivity contribution in [2.75, 3.05) is 6.54 Å². The molecular weight excluding hydrogens is 325 g/mol. The third-order valence-corrected chi connectivity index (χ3v) is 4.71. The van der Waals surface area contributed by atoms with Crippen LogP contribution in [-0.4, -0.2) is 28.5 Å². The number of hydrogen-bond acceptors (Lipinski definition) is 3. The van der Waals surface area contributed by atoms with E-state index in [9.17, 15) is 18.0 Å². The summed E-state index contributed by atoms with van der Waals surface area (Å²) < 4.78 is 36.1. The molecule has 0 bridgehead atoms. The highest BCUT2D eigenvalue weighted by Gasteiger charge is 2.61. The Bertz CT molecular complexity index is 591. The maximum absolute atomic E-state index is 12.9. The highest BCUT2D eigenvalue weighted by atomic mass is 35.5. The predicted molar refractivity (Wildman–Crippen MR) is 77.7 cm³/mol. The molecule has 0 saturated carbocycles. The Morgan fingerprint density at radius 3 is 2.62 bits per heavy atom. The Morgan fingerprint density at radius 2 is 2.05 bits per heavy atom. The van der Waals surface area contributed by atoms with Crippen molar-refractivity contribution in [3.8, 4) is 0 Å². The molecule has 1 fully saturated rings. The first-order valence-corrected chi connectivity index (χ1v) is 7.28. The molecule has 0 aliphatic carbocycles. The topological polar surface area (TPSA) is 41.5 Å². The lowest BCUT2D eigenvalue weighted by Gasteiger charge is -2.21. The van der Waals surface area contributed by atoms with E-state index in [4.69, 9.17) is 11.6 Å². The quantitative estimate of drug-likeness (QED) is 0.919. The van der Waals surface area contributed by atoms with Gasteiger partial charge in [-0.1, -0.05) is 41.6 Å². The fraction of sp³-hybridized carbons (Fsp3) is 0.385. The number of carbonyl (C=O) groups excluding carboxylic acids is 1. The average Bonchev–Trinajstić information content (AvgIpc) is 2.68. The molecule has 1 N–H and O–H groups in total. The number of halogens is 4. The van der Waals surface area contributed by atoms with Crippen LogP contribution in [0.2, 0.25) is 5.02 Å². The van der Waals surface area contributed by atoms with Crippen LogP contribution < -0.4 is 5.32 Å². The Morgan fingerprint density at radius 1 is 1.38 bits per heavy atom. The molecule has 1 unspecified atom stereocenters. The summed E-state index contributed by atoms with van der Waals surface area (Å²) in [6.45, 7) is 1.10. The number of amides is 1. The molecule has 0 spiro atoms. The van der Waals surface area contributed by atoms with E-state index in [-0.39, 0.29) is 11.7 Å². The Kier molecular flexibility index (Phi) is 4.53. The molecule has 1 aromatic rings. The number of rotatable bonds is 3. The zero-order valence-corrected chi connectivity index (χ0v) is 12.6. The van der Waals surface area contributed by atoms with Crippen LogP contribution in [0.15, 0.2) is 29.3 Å². The van der Waals surface area contributed by atoms with E-state index in [0.717, 1.165) is 12.5 Å². The number of nitrogens with zero attached hydrogens (tertiary/aromatic N) is 1. The van der Waals surface area contributed by atoms with Gasteiger partial charge >= 0.3 is 6.18 Å². The molecule has 21 heavy (non-hydrogen) atoms. The van der Waals surface area contributed by atoms with Crippen LogP contribution in [0.25, 0.3) is 0 Å². The van der Waals surface area contributed by atoms with E-state index in [2.05, 4.69) is 10.3 Å².